The average molecular weight is 254 g/mol. The molecule has 5 heteroatoms. The van der Waals surface area contributed by atoms with E-state index in [0.29, 0.717) is 19.5 Å². The standard InChI is InChI=1S/C12H18N2O2S/c1-8-5-14(7-12(8,3)16)11(15)4-10-6-17-9(2)13-10/h6,8,16H,4-5,7H2,1-3H3/t8-,12+/m0/s1. The van der Waals surface area contributed by atoms with Crippen molar-refractivity contribution in [3.63, 3.8) is 0 Å². The number of amides is 1. The molecule has 1 N–H and O–H groups in total. The van der Waals surface area contributed by atoms with Gasteiger partial charge in [0.15, 0.2) is 0 Å². The van der Waals surface area contributed by atoms with Crippen LogP contribution in [0.4, 0.5) is 0 Å². The lowest BCUT2D eigenvalue weighted by atomic mass is 9.95. The van der Waals surface area contributed by atoms with Crippen LogP contribution >= 0.6 is 11.3 Å². The van der Waals surface area contributed by atoms with E-state index in [2.05, 4.69) is 4.98 Å². The maximum Gasteiger partial charge on any atom is 0.228 e. The van der Waals surface area contributed by atoms with Crippen molar-refractivity contribution in [2.45, 2.75) is 32.8 Å². The first kappa shape index (κ1) is 12.5. The molecule has 2 atom stereocenters. The zero-order valence-corrected chi connectivity index (χ0v) is 11.3. The summed E-state index contributed by atoms with van der Waals surface area (Å²) in [6.07, 6.45) is 0.340. The summed E-state index contributed by atoms with van der Waals surface area (Å²) >= 11 is 1.56. The minimum absolute atomic E-state index is 0.0555. The number of aryl methyl sites for hydroxylation is 1. The number of nitrogens with zero attached hydrogens (tertiary/aromatic N) is 2. The highest BCUT2D eigenvalue weighted by Crippen LogP contribution is 2.27. The van der Waals surface area contributed by atoms with Gasteiger partial charge in [0.25, 0.3) is 0 Å². The molecular weight excluding hydrogens is 236 g/mol. The van der Waals surface area contributed by atoms with Crippen LogP contribution in [-0.2, 0) is 11.2 Å². The summed E-state index contributed by atoms with van der Waals surface area (Å²) in [5.74, 6) is 0.184. The van der Waals surface area contributed by atoms with E-state index in [4.69, 9.17) is 0 Å². The number of rotatable bonds is 2. The highest BCUT2D eigenvalue weighted by Gasteiger charge is 2.40. The molecule has 0 bridgehead atoms. The number of carbonyl (C=O) groups is 1. The van der Waals surface area contributed by atoms with Gasteiger partial charge in [-0.25, -0.2) is 4.98 Å². The van der Waals surface area contributed by atoms with Gasteiger partial charge in [0.05, 0.1) is 22.7 Å². The maximum atomic E-state index is 12.0. The molecule has 17 heavy (non-hydrogen) atoms. The SMILES string of the molecule is Cc1nc(CC(=O)N2C[C@H](C)[C@](C)(O)C2)cs1. The lowest BCUT2D eigenvalue weighted by Gasteiger charge is -2.20. The van der Waals surface area contributed by atoms with E-state index in [9.17, 15) is 9.90 Å². The van der Waals surface area contributed by atoms with E-state index in [0.717, 1.165) is 10.7 Å². The van der Waals surface area contributed by atoms with E-state index in [1.807, 2.05) is 19.2 Å². The predicted octanol–water partition coefficient (Wildman–Crippen LogP) is 1.22. The van der Waals surface area contributed by atoms with Crippen molar-refractivity contribution in [1.82, 2.24) is 9.88 Å². The number of likely N-dealkylation sites (tertiary alicyclic amines) is 1. The molecule has 94 valence electrons. The molecule has 1 aliphatic heterocycles. The molecule has 1 fully saturated rings. The third-order valence-corrected chi connectivity index (χ3v) is 4.24. The van der Waals surface area contributed by atoms with Gasteiger partial charge in [-0.05, 0) is 13.8 Å². The first-order valence-corrected chi connectivity index (χ1v) is 6.67. The maximum absolute atomic E-state index is 12.0. The van der Waals surface area contributed by atoms with Gasteiger partial charge in [0.1, 0.15) is 0 Å². The fraction of sp³-hybridized carbons (Fsp3) is 0.667. The van der Waals surface area contributed by atoms with Gasteiger partial charge in [-0.2, -0.15) is 0 Å². The van der Waals surface area contributed by atoms with Crippen molar-refractivity contribution in [3.05, 3.63) is 16.1 Å². The molecule has 0 radical (unpaired) electrons. The van der Waals surface area contributed by atoms with Gasteiger partial charge < -0.3 is 10.0 Å². The van der Waals surface area contributed by atoms with Crippen LogP contribution in [0.5, 0.6) is 0 Å². The summed E-state index contributed by atoms with van der Waals surface area (Å²) in [5, 5.41) is 12.9. The Kier molecular flexibility index (Phi) is 3.23. The summed E-state index contributed by atoms with van der Waals surface area (Å²) in [6.45, 7) is 6.75. The molecule has 4 nitrogen and oxygen atoms in total. The highest BCUT2D eigenvalue weighted by atomic mass is 32.1. The summed E-state index contributed by atoms with van der Waals surface area (Å²) in [4.78, 5) is 18.1. The summed E-state index contributed by atoms with van der Waals surface area (Å²) in [7, 11) is 0. The molecule has 1 aromatic rings. The Labute approximate surface area is 105 Å². The van der Waals surface area contributed by atoms with Gasteiger partial charge in [-0.15, -0.1) is 11.3 Å². The third-order valence-electron chi connectivity index (χ3n) is 3.42. The Balaban J connectivity index is 1.98. The van der Waals surface area contributed by atoms with Crippen LogP contribution in [0.2, 0.25) is 0 Å². The monoisotopic (exact) mass is 254 g/mol. The second-order valence-electron chi connectivity index (χ2n) is 5.07. The molecule has 0 spiro atoms. The van der Waals surface area contributed by atoms with Crippen LogP contribution in [0.15, 0.2) is 5.38 Å². The first-order chi connectivity index (χ1) is 7.88. The molecule has 0 aromatic carbocycles. The minimum Gasteiger partial charge on any atom is -0.388 e. The minimum atomic E-state index is -0.756. The van der Waals surface area contributed by atoms with Crippen molar-refractivity contribution in [1.29, 1.82) is 0 Å². The predicted molar refractivity (Wildman–Crippen MR) is 66.9 cm³/mol. The van der Waals surface area contributed by atoms with Crippen molar-refractivity contribution < 1.29 is 9.90 Å². The number of thiazole rings is 1. The van der Waals surface area contributed by atoms with Crippen LogP contribution in [0.3, 0.4) is 0 Å². The first-order valence-electron chi connectivity index (χ1n) is 5.79. The topological polar surface area (TPSA) is 53.4 Å². The smallest absolute Gasteiger partial charge is 0.228 e. The Morgan fingerprint density at radius 2 is 2.47 bits per heavy atom. The van der Waals surface area contributed by atoms with Gasteiger partial charge in [-0.1, -0.05) is 6.92 Å². The van der Waals surface area contributed by atoms with Crippen LogP contribution < -0.4 is 0 Å². The quantitative estimate of drug-likeness (QED) is 0.863. The van der Waals surface area contributed by atoms with Crippen LogP contribution in [0, 0.1) is 12.8 Å². The van der Waals surface area contributed by atoms with Crippen LogP contribution in [-0.4, -0.2) is 39.6 Å². The van der Waals surface area contributed by atoms with E-state index in [-0.39, 0.29) is 11.8 Å². The van der Waals surface area contributed by atoms with Crippen molar-refractivity contribution >= 4 is 17.2 Å². The zero-order chi connectivity index (χ0) is 12.6. The van der Waals surface area contributed by atoms with Gasteiger partial charge in [-0.3, -0.25) is 4.79 Å². The fourth-order valence-electron chi connectivity index (χ4n) is 2.08. The molecule has 0 unspecified atom stereocenters. The molecule has 1 saturated heterocycles. The van der Waals surface area contributed by atoms with E-state index in [1.54, 1.807) is 23.2 Å². The number of β-amino-alcohol motifs (C(OH)–C–C–N with tert-alkyl or cyclic N) is 1. The summed E-state index contributed by atoms with van der Waals surface area (Å²) in [6, 6.07) is 0. The molecule has 1 aromatic heterocycles. The van der Waals surface area contributed by atoms with Crippen molar-refractivity contribution in [3.8, 4) is 0 Å². The molecule has 2 rings (SSSR count). The van der Waals surface area contributed by atoms with Crippen LogP contribution in [0.25, 0.3) is 0 Å². The van der Waals surface area contributed by atoms with Gasteiger partial charge in [0, 0.05) is 24.4 Å². The summed E-state index contributed by atoms with van der Waals surface area (Å²) < 4.78 is 0. The largest absolute Gasteiger partial charge is 0.388 e. The second-order valence-corrected chi connectivity index (χ2v) is 6.13. The lowest BCUT2D eigenvalue weighted by Crippen LogP contribution is -2.35. The van der Waals surface area contributed by atoms with E-state index >= 15 is 0 Å². The molecular formula is C12H18N2O2S. The molecule has 0 saturated carbocycles. The Hall–Kier alpha value is -0.940. The normalized spacial score (nSPS) is 28.7. The number of aliphatic hydroxyl groups is 1. The number of hydrogen-bond donors (Lipinski definition) is 1. The van der Waals surface area contributed by atoms with Crippen LogP contribution in [0.1, 0.15) is 24.5 Å². The van der Waals surface area contributed by atoms with Gasteiger partial charge in [0.2, 0.25) is 5.91 Å². The van der Waals surface area contributed by atoms with Gasteiger partial charge >= 0.3 is 0 Å². The number of aromatic nitrogens is 1. The summed E-state index contributed by atoms with van der Waals surface area (Å²) in [5.41, 5.74) is 0.0740. The molecule has 1 amide bonds. The van der Waals surface area contributed by atoms with Crippen molar-refractivity contribution in [2.24, 2.45) is 5.92 Å². The average Bonchev–Trinajstić information content (AvgIpc) is 2.72. The lowest BCUT2D eigenvalue weighted by molar-refractivity contribution is -0.130. The van der Waals surface area contributed by atoms with E-state index in [1.165, 1.54) is 0 Å². The molecule has 2 heterocycles. The Morgan fingerprint density at radius 1 is 1.76 bits per heavy atom. The number of hydrogen-bond acceptors (Lipinski definition) is 4. The Bertz CT molecular complexity index is 428. The fourth-order valence-corrected chi connectivity index (χ4v) is 2.69. The molecule has 0 aliphatic carbocycles. The third kappa shape index (κ3) is 2.66. The molecule has 1 aliphatic rings. The second kappa shape index (κ2) is 4.38. The zero-order valence-electron chi connectivity index (χ0n) is 10.4. The highest BCUT2D eigenvalue weighted by molar-refractivity contribution is 7.09. The number of carbonyl (C=O) groups excluding carboxylic acids is 1. The Morgan fingerprint density at radius 3 is 2.94 bits per heavy atom. The van der Waals surface area contributed by atoms with E-state index < -0.39 is 5.60 Å². The van der Waals surface area contributed by atoms with Crippen molar-refractivity contribution in [2.75, 3.05) is 13.1 Å².